The third kappa shape index (κ3) is 3.76. The second kappa shape index (κ2) is 7.56. The van der Waals surface area contributed by atoms with Crippen molar-refractivity contribution in [3.63, 3.8) is 0 Å². The minimum Gasteiger partial charge on any atom is -0.361 e. The summed E-state index contributed by atoms with van der Waals surface area (Å²) in [5, 5.41) is 1.13. The van der Waals surface area contributed by atoms with Gasteiger partial charge < -0.3 is 19.4 Å². The Balaban J connectivity index is 1.40. The largest absolute Gasteiger partial charge is 0.361 e. The molecule has 0 unspecified atom stereocenters. The van der Waals surface area contributed by atoms with Gasteiger partial charge in [0.25, 0.3) is 5.91 Å². The van der Waals surface area contributed by atoms with E-state index in [0.717, 1.165) is 61.3 Å². The molecule has 0 saturated carbocycles. The molecule has 1 fully saturated rings. The first-order valence-corrected chi connectivity index (χ1v) is 9.64. The van der Waals surface area contributed by atoms with E-state index in [1.807, 2.05) is 41.6 Å². The van der Waals surface area contributed by atoms with Crippen LogP contribution < -0.4 is 0 Å². The molecule has 3 heterocycles. The number of hydrogen-bond donors (Lipinski definition) is 1. The molecular weight excluding hydrogens is 338 g/mol. The highest BCUT2D eigenvalue weighted by Gasteiger charge is 2.27. The van der Waals surface area contributed by atoms with Crippen molar-refractivity contribution in [2.75, 3.05) is 33.7 Å². The number of benzene rings is 1. The summed E-state index contributed by atoms with van der Waals surface area (Å²) >= 11 is 0. The van der Waals surface area contributed by atoms with Crippen LogP contribution in [0.1, 0.15) is 34.9 Å². The van der Waals surface area contributed by atoms with Crippen molar-refractivity contribution >= 4 is 16.8 Å². The molecule has 1 saturated heterocycles. The van der Waals surface area contributed by atoms with Gasteiger partial charge in [0.15, 0.2) is 0 Å². The molecule has 1 aliphatic heterocycles. The number of amides is 1. The average Bonchev–Trinajstić information content (AvgIpc) is 3.34. The molecule has 0 bridgehead atoms. The van der Waals surface area contributed by atoms with Crippen LogP contribution in [0.5, 0.6) is 0 Å². The first-order chi connectivity index (χ1) is 13.1. The minimum absolute atomic E-state index is 0.126. The molecule has 6 heteroatoms. The maximum Gasteiger partial charge on any atom is 0.253 e. The number of nitrogens with one attached hydrogen (secondary N) is 1. The van der Waals surface area contributed by atoms with Gasteiger partial charge >= 0.3 is 0 Å². The Labute approximate surface area is 159 Å². The van der Waals surface area contributed by atoms with E-state index >= 15 is 0 Å². The Hall–Kier alpha value is -2.60. The fourth-order valence-electron chi connectivity index (χ4n) is 3.88. The number of imidazole rings is 1. The van der Waals surface area contributed by atoms with Gasteiger partial charge in [-0.25, -0.2) is 4.98 Å². The Kier molecular flexibility index (Phi) is 4.99. The lowest BCUT2D eigenvalue weighted by atomic mass is 9.95. The zero-order chi connectivity index (χ0) is 18.8. The summed E-state index contributed by atoms with van der Waals surface area (Å²) in [5.74, 6) is 1.72. The van der Waals surface area contributed by atoms with Crippen LogP contribution in [-0.4, -0.2) is 64.0 Å². The van der Waals surface area contributed by atoms with Gasteiger partial charge in [0.05, 0.1) is 0 Å². The molecule has 6 nitrogen and oxygen atoms in total. The van der Waals surface area contributed by atoms with E-state index in [1.165, 1.54) is 0 Å². The summed E-state index contributed by atoms with van der Waals surface area (Å²) < 4.78 is 2.27. The summed E-state index contributed by atoms with van der Waals surface area (Å²) in [4.78, 5) is 24.9. The summed E-state index contributed by atoms with van der Waals surface area (Å²) in [5.41, 5.74) is 1.77. The number of fused-ring (bicyclic) bond motifs is 1. The van der Waals surface area contributed by atoms with E-state index in [1.54, 1.807) is 0 Å². The third-order valence-electron chi connectivity index (χ3n) is 5.49. The molecule has 0 atom stereocenters. The molecule has 1 N–H and O–H groups in total. The van der Waals surface area contributed by atoms with Gasteiger partial charge in [0.1, 0.15) is 5.82 Å². The summed E-state index contributed by atoms with van der Waals surface area (Å²) in [6.45, 7) is 3.53. The molecule has 27 heavy (non-hydrogen) atoms. The van der Waals surface area contributed by atoms with Gasteiger partial charge in [-0.2, -0.15) is 0 Å². The predicted molar refractivity (Wildman–Crippen MR) is 107 cm³/mol. The van der Waals surface area contributed by atoms with Crippen LogP contribution in [0, 0.1) is 0 Å². The second-order valence-corrected chi connectivity index (χ2v) is 7.63. The van der Waals surface area contributed by atoms with Crippen LogP contribution in [-0.2, 0) is 6.54 Å². The van der Waals surface area contributed by atoms with Gasteiger partial charge in [-0.3, -0.25) is 4.79 Å². The van der Waals surface area contributed by atoms with Gasteiger partial charge in [0.2, 0.25) is 0 Å². The molecule has 142 valence electrons. The first-order valence-electron chi connectivity index (χ1n) is 9.64. The zero-order valence-corrected chi connectivity index (χ0v) is 16.1. The monoisotopic (exact) mass is 365 g/mol. The van der Waals surface area contributed by atoms with Crippen molar-refractivity contribution in [3.8, 4) is 0 Å². The van der Waals surface area contributed by atoms with E-state index in [9.17, 15) is 4.79 Å². The number of carbonyl (C=O) groups is 1. The molecule has 0 radical (unpaired) electrons. The Bertz CT molecular complexity index is 917. The quantitative estimate of drug-likeness (QED) is 0.756. The Morgan fingerprint density at radius 2 is 2.07 bits per heavy atom. The smallest absolute Gasteiger partial charge is 0.253 e. The highest BCUT2D eigenvalue weighted by atomic mass is 16.2. The maximum absolute atomic E-state index is 12.9. The number of aromatic nitrogens is 3. The van der Waals surface area contributed by atoms with E-state index < -0.39 is 0 Å². The van der Waals surface area contributed by atoms with Crippen LogP contribution in [0.15, 0.2) is 42.9 Å². The number of carbonyl (C=O) groups excluding carboxylic acids is 1. The van der Waals surface area contributed by atoms with Crippen molar-refractivity contribution in [2.45, 2.75) is 25.3 Å². The van der Waals surface area contributed by atoms with Crippen LogP contribution in [0.2, 0.25) is 0 Å². The molecule has 1 amide bonds. The topological polar surface area (TPSA) is 57.2 Å². The molecule has 1 aromatic carbocycles. The number of hydrogen-bond acceptors (Lipinski definition) is 3. The molecular formula is C21H27N5O. The molecule has 1 aliphatic rings. The molecule has 4 rings (SSSR count). The SMILES string of the molecule is CN(C)CCn1ccnc1C1CCN(C(=O)c2ccc3cc[nH]c3c2)CC1. The van der Waals surface area contributed by atoms with Crippen LogP contribution >= 0.6 is 0 Å². The lowest BCUT2D eigenvalue weighted by Gasteiger charge is -2.32. The van der Waals surface area contributed by atoms with Crippen LogP contribution in [0.3, 0.4) is 0 Å². The normalized spacial score (nSPS) is 15.7. The van der Waals surface area contributed by atoms with Crippen molar-refractivity contribution in [1.29, 1.82) is 0 Å². The number of nitrogens with zero attached hydrogens (tertiary/aromatic N) is 4. The number of aromatic amines is 1. The highest BCUT2D eigenvalue weighted by Crippen LogP contribution is 2.28. The maximum atomic E-state index is 12.9. The molecule has 2 aromatic heterocycles. The lowest BCUT2D eigenvalue weighted by molar-refractivity contribution is 0.0710. The molecule has 0 spiro atoms. The standard InChI is InChI=1S/C21H27N5O/c1-24(2)13-14-25-12-9-23-20(25)17-6-10-26(11-7-17)21(27)18-4-3-16-5-8-22-19(16)15-18/h3-5,8-9,12,15,17,22H,6-7,10-11,13-14H2,1-2H3. The number of piperidine rings is 1. The van der Waals surface area contributed by atoms with Gasteiger partial charge in [-0.15, -0.1) is 0 Å². The fraction of sp³-hybridized carbons (Fsp3) is 0.429. The number of likely N-dealkylation sites (N-methyl/N-ethyl adjacent to an activating group) is 1. The van der Waals surface area contributed by atoms with Gasteiger partial charge in [-0.05, 0) is 50.5 Å². The Morgan fingerprint density at radius 3 is 2.85 bits per heavy atom. The van der Waals surface area contributed by atoms with Crippen LogP contribution in [0.25, 0.3) is 10.9 Å². The summed E-state index contributed by atoms with van der Waals surface area (Å²) in [7, 11) is 4.18. The fourth-order valence-corrected chi connectivity index (χ4v) is 3.88. The van der Waals surface area contributed by atoms with Gasteiger partial charge in [0, 0.05) is 61.8 Å². The van der Waals surface area contributed by atoms with E-state index in [4.69, 9.17) is 0 Å². The molecule has 0 aliphatic carbocycles. The van der Waals surface area contributed by atoms with Crippen molar-refractivity contribution in [3.05, 3.63) is 54.2 Å². The predicted octanol–water partition coefficient (Wildman–Crippen LogP) is 2.95. The van der Waals surface area contributed by atoms with Crippen molar-refractivity contribution < 1.29 is 4.79 Å². The van der Waals surface area contributed by atoms with E-state index in [2.05, 4.69) is 39.7 Å². The van der Waals surface area contributed by atoms with E-state index in [0.29, 0.717) is 5.92 Å². The minimum atomic E-state index is 0.126. The third-order valence-corrected chi connectivity index (χ3v) is 5.49. The lowest BCUT2D eigenvalue weighted by Crippen LogP contribution is -2.38. The highest BCUT2D eigenvalue weighted by molar-refractivity contribution is 5.98. The van der Waals surface area contributed by atoms with Crippen molar-refractivity contribution in [2.24, 2.45) is 0 Å². The summed E-state index contributed by atoms with van der Waals surface area (Å²) in [6.07, 6.45) is 7.81. The van der Waals surface area contributed by atoms with E-state index in [-0.39, 0.29) is 5.91 Å². The second-order valence-electron chi connectivity index (χ2n) is 7.63. The molecule has 3 aromatic rings. The number of likely N-dealkylation sites (tertiary alicyclic amines) is 1. The number of H-pyrrole nitrogens is 1. The number of rotatable bonds is 5. The van der Waals surface area contributed by atoms with Crippen LogP contribution in [0.4, 0.5) is 0 Å². The van der Waals surface area contributed by atoms with Gasteiger partial charge in [-0.1, -0.05) is 6.07 Å². The zero-order valence-electron chi connectivity index (χ0n) is 16.1. The van der Waals surface area contributed by atoms with Crippen molar-refractivity contribution in [1.82, 2.24) is 24.3 Å². The summed E-state index contributed by atoms with van der Waals surface area (Å²) in [6, 6.07) is 7.91. The average molecular weight is 365 g/mol. The Morgan fingerprint density at radius 1 is 1.26 bits per heavy atom. The first kappa shape index (κ1) is 17.8.